The van der Waals surface area contributed by atoms with E-state index in [9.17, 15) is 19.7 Å². The van der Waals surface area contributed by atoms with E-state index in [2.05, 4.69) is 20.4 Å². The maximum absolute atomic E-state index is 13.5. The molecule has 0 aliphatic heterocycles. The molecule has 0 unspecified atom stereocenters. The summed E-state index contributed by atoms with van der Waals surface area (Å²) in [6.45, 7) is 5.78. The van der Waals surface area contributed by atoms with Crippen LogP contribution in [0.2, 0.25) is 0 Å². The van der Waals surface area contributed by atoms with E-state index in [1.165, 1.54) is 12.1 Å². The lowest BCUT2D eigenvalue weighted by atomic mass is 9.86. The van der Waals surface area contributed by atoms with Crippen molar-refractivity contribution in [1.29, 1.82) is 0 Å². The summed E-state index contributed by atoms with van der Waals surface area (Å²) >= 11 is 0. The second-order valence-corrected chi connectivity index (χ2v) is 10.4. The number of hydrogen-bond acceptors (Lipinski definition) is 5. The highest BCUT2D eigenvalue weighted by atomic mass is 16.6. The lowest BCUT2D eigenvalue weighted by Gasteiger charge is -2.15. The van der Waals surface area contributed by atoms with Crippen LogP contribution in [0.3, 0.4) is 0 Å². The van der Waals surface area contributed by atoms with Gasteiger partial charge in [0, 0.05) is 17.7 Å². The number of nitro groups is 1. The first-order chi connectivity index (χ1) is 20.2. The van der Waals surface area contributed by atoms with Crippen LogP contribution in [0.15, 0.2) is 92.9 Å². The molecule has 0 atom stereocenters. The van der Waals surface area contributed by atoms with Gasteiger partial charge in [-0.1, -0.05) is 65.7 Å². The van der Waals surface area contributed by atoms with Crippen molar-refractivity contribution in [2.45, 2.75) is 26.7 Å². The normalized spacial score (nSPS) is 11.3. The molecule has 0 aliphatic carbocycles. The highest BCUT2D eigenvalue weighted by molar-refractivity contribution is 5.71. The molecule has 0 saturated carbocycles. The van der Waals surface area contributed by atoms with E-state index in [-0.39, 0.29) is 5.69 Å². The van der Waals surface area contributed by atoms with Gasteiger partial charge in [0.2, 0.25) is 0 Å². The molecule has 3 aromatic carbocycles. The summed E-state index contributed by atoms with van der Waals surface area (Å²) < 4.78 is 6.37. The molecule has 0 spiro atoms. The maximum atomic E-state index is 13.5. The van der Waals surface area contributed by atoms with Gasteiger partial charge in [-0.2, -0.15) is 0 Å². The minimum atomic E-state index is -0.935. The van der Waals surface area contributed by atoms with E-state index >= 15 is 0 Å². The van der Waals surface area contributed by atoms with E-state index in [0.717, 1.165) is 27.8 Å². The quantitative estimate of drug-likeness (QED) is 0.133. The Balaban J connectivity index is 1.60. The number of aromatic nitrogens is 4. The molecule has 0 aliphatic rings. The largest absolute Gasteiger partial charge is 0.460 e. The van der Waals surface area contributed by atoms with Crippen molar-refractivity contribution < 1.29 is 9.34 Å². The average Bonchev–Trinajstić information content (AvgIpc) is 3.70. The molecule has 3 aromatic heterocycles. The third-order valence-electron chi connectivity index (χ3n) is 7.50. The van der Waals surface area contributed by atoms with E-state index in [1.807, 2.05) is 69.3 Å². The molecule has 0 saturated heterocycles. The van der Waals surface area contributed by atoms with Crippen molar-refractivity contribution in [3.8, 4) is 33.8 Å². The van der Waals surface area contributed by atoms with Gasteiger partial charge in [-0.25, -0.2) is 0 Å². The molecule has 4 N–H and O–H groups in total. The van der Waals surface area contributed by atoms with Gasteiger partial charge in [0.05, 0.1) is 33.4 Å². The minimum Gasteiger partial charge on any atom is -0.460 e. The predicted molar refractivity (Wildman–Crippen MR) is 160 cm³/mol. The van der Waals surface area contributed by atoms with Crippen molar-refractivity contribution in [2.75, 3.05) is 0 Å². The second kappa shape index (κ2) is 10.4. The Morgan fingerprint density at radius 3 is 1.71 bits per heavy atom. The van der Waals surface area contributed by atoms with Gasteiger partial charge < -0.3 is 4.42 Å². The molecule has 0 fully saturated rings. The van der Waals surface area contributed by atoms with Crippen LogP contribution in [0.1, 0.15) is 39.5 Å². The van der Waals surface area contributed by atoms with Crippen molar-refractivity contribution >= 4 is 5.69 Å². The number of nitrogens with zero attached hydrogens (tertiary/aromatic N) is 1. The summed E-state index contributed by atoms with van der Waals surface area (Å²) in [6.07, 6.45) is 0. The molecule has 6 aromatic rings. The topological polar surface area (TPSA) is 154 Å². The van der Waals surface area contributed by atoms with Crippen LogP contribution in [-0.4, -0.2) is 25.3 Å². The third kappa shape index (κ3) is 4.68. The maximum Gasteiger partial charge on any atom is 0.270 e. The van der Waals surface area contributed by atoms with Gasteiger partial charge in [-0.15, -0.1) is 0 Å². The van der Waals surface area contributed by atoms with Crippen LogP contribution < -0.4 is 11.1 Å². The molecular formula is C32H27N5O5. The molecular weight excluding hydrogens is 534 g/mol. The Morgan fingerprint density at radius 1 is 0.690 bits per heavy atom. The van der Waals surface area contributed by atoms with Gasteiger partial charge in [-0.05, 0) is 49.6 Å². The first-order valence-corrected chi connectivity index (χ1v) is 13.3. The summed E-state index contributed by atoms with van der Waals surface area (Å²) in [4.78, 5) is 38.0. The Hall–Kier alpha value is -5.64. The average molecular weight is 562 g/mol. The zero-order chi connectivity index (χ0) is 29.5. The van der Waals surface area contributed by atoms with Gasteiger partial charge in [-0.3, -0.25) is 40.1 Å². The van der Waals surface area contributed by atoms with E-state index in [0.29, 0.717) is 39.6 Å². The summed E-state index contributed by atoms with van der Waals surface area (Å²) in [6, 6.07) is 23.3. The van der Waals surface area contributed by atoms with E-state index in [1.54, 1.807) is 18.2 Å². The number of H-pyrrole nitrogens is 4. The number of benzene rings is 3. The molecule has 0 radical (unpaired) electrons. The third-order valence-corrected chi connectivity index (χ3v) is 7.50. The molecule has 10 nitrogen and oxygen atoms in total. The summed E-state index contributed by atoms with van der Waals surface area (Å²) in [5, 5.41) is 22.9. The van der Waals surface area contributed by atoms with Gasteiger partial charge in [0.25, 0.3) is 16.8 Å². The molecule has 210 valence electrons. The van der Waals surface area contributed by atoms with Crippen LogP contribution in [0.25, 0.3) is 33.8 Å². The van der Waals surface area contributed by atoms with Gasteiger partial charge in [0.15, 0.2) is 0 Å². The smallest absolute Gasteiger partial charge is 0.270 e. The zero-order valence-electron chi connectivity index (χ0n) is 23.1. The number of aromatic amines is 4. The molecule has 42 heavy (non-hydrogen) atoms. The lowest BCUT2D eigenvalue weighted by molar-refractivity contribution is -0.384. The SMILES string of the molecule is Cc1ccc(-c2[nH][nH]c(=O)c2C(c2ccc(-c3cc([N+](=O)[O-])ccc3C)o2)c2c(-c3ccc(C)cc3)[nH][nH]c2=O)cc1. The fourth-order valence-electron chi connectivity index (χ4n) is 5.25. The second-order valence-electron chi connectivity index (χ2n) is 10.4. The van der Waals surface area contributed by atoms with Gasteiger partial charge in [0.1, 0.15) is 11.5 Å². The first kappa shape index (κ1) is 26.6. The summed E-state index contributed by atoms with van der Waals surface area (Å²) in [5.74, 6) is -0.230. The number of furan rings is 1. The molecule has 6 rings (SSSR count). The Bertz CT molecular complexity index is 1940. The number of aryl methyl sites for hydroxylation is 3. The van der Waals surface area contributed by atoms with Crippen molar-refractivity contribution in [3.05, 3.63) is 143 Å². The van der Waals surface area contributed by atoms with Crippen molar-refractivity contribution in [1.82, 2.24) is 20.4 Å². The van der Waals surface area contributed by atoms with Crippen LogP contribution in [0.4, 0.5) is 5.69 Å². The fourth-order valence-corrected chi connectivity index (χ4v) is 5.25. The van der Waals surface area contributed by atoms with Crippen molar-refractivity contribution in [2.24, 2.45) is 0 Å². The highest BCUT2D eigenvalue weighted by Crippen LogP contribution is 2.40. The standard InChI is InChI=1S/C32H27N5O5/c1-17-4-9-20(10-5-17)29-27(31(38)35-33-29)26(28-30(34-36-32(28)39)21-11-6-18(2)7-12-21)25-15-14-24(42-25)23-16-22(37(40)41)13-8-19(23)3/h4-16,26H,1-3H3,(H2,33,35,38)(H2,34,36,39). The number of nitrogens with one attached hydrogen (secondary N) is 4. The highest BCUT2D eigenvalue weighted by Gasteiger charge is 2.33. The summed E-state index contributed by atoms with van der Waals surface area (Å²) in [7, 11) is 0. The number of rotatable bonds is 7. The van der Waals surface area contributed by atoms with E-state index in [4.69, 9.17) is 4.42 Å². The monoisotopic (exact) mass is 561 g/mol. The van der Waals surface area contributed by atoms with Crippen LogP contribution >= 0.6 is 0 Å². The number of hydrogen-bond donors (Lipinski definition) is 4. The summed E-state index contributed by atoms with van der Waals surface area (Å²) in [5.41, 5.74) is 5.69. The predicted octanol–water partition coefficient (Wildman–Crippen LogP) is 6.33. The fraction of sp³-hybridized carbons (Fsp3) is 0.125. The molecule has 3 heterocycles. The van der Waals surface area contributed by atoms with Crippen molar-refractivity contribution in [3.63, 3.8) is 0 Å². The van der Waals surface area contributed by atoms with Crippen LogP contribution in [-0.2, 0) is 0 Å². The zero-order valence-corrected chi connectivity index (χ0v) is 23.1. The van der Waals surface area contributed by atoms with Crippen LogP contribution in [0, 0.1) is 30.9 Å². The molecule has 0 amide bonds. The van der Waals surface area contributed by atoms with E-state index < -0.39 is 22.0 Å². The first-order valence-electron chi connectivity index (χ1n) is 13.3. The number of non-ortho nitro benzene ring substituents is 1. The molecule has 10 heteroatoms. The lowest BCUT2D eigenvalue weighted by Crippen LogP contribution is -2.19. The Kier molecular flexibility index (Phi) is 6.58. The Morgan fingerprint density at radius 2 is 1.21 bits per heavy atom. The Labute approximate surface area is 239 Å². The number of nitro benzene ring substituents is 1. The molecule has 0 bridgehead atoms. The van der Waals surface area contributed by atoms with Gasteiger partial charge >= 0.3 is 0 Å². The minimum absolute atomic E-state index is 0.0717. The van der Waals surface area contributed by atoms with Crippen LogP contribution in [0.5, 0.6) is 0 Å².